The summed E-state index contributed by atoms with van der Waals surface area (Å²) in [6, 6.07) is 9.25. The number of amides is 2. The smallest absolute Gasteiger partial charge is 0.415 e. The van der Waals surface area contributed by atoms with E-state index in [1.54, 1.807) is 36.4 Å². The third-order valence-corrected chi connectivity index (χ3v) is 8.92. The lowest BCUT2D eigenvalue weighted by molar-refractivity contribution is -0.138. The molecule has 4 heterocycles. The second kappa shape index (κ2) is 11.3. The van der Waals surface area contributed by atoms with Crippen LogP contribution in [0.1, 0.15) is 31.9 Å². The molecular weight excluding hydrogens is 540 g/mol. The molecule has 0 saturated carbocycles. The van der Waals surface area contributed by atoms with Gasteiger partial charge >= 0.3 is 6.09 Å². The number of Topliss-reactive ketones (excluding diaryl/α,β-unsaturated/α-hetero) is 1. The zero-order chi connectivity index (χ0) is 28.4. The maximum absolute atomic E-state index is 13.6. The van der Waals surface area contributed by atoms with Gasteiger partial charge in [-0.25, -0.2) is 13.2 Å². The molecule has 13 heteroatoms. The predicted molar refractivity (Wildman–Crippen MR) is 143 cm³/mol. The summed E-state index contributed by atoms with van der Waals surface area (Å²) in [4.78, 5) is 44.8. The summed E-state index contributed by atoms with van der Waals surface area (Å²) in [5.74, 6) is -0.740. The Morgan fingerprint density at radius 2 is 2.05 bits per heavy atom. The van der Waals surface area contributed by atoms with Gasteiger partial charge in [0, 0.05) is 24.2 Å². The van der Waals surface area contributed by atoms with Gasteiger partial charge in [-0.3, -0.25) is 14.6 Å². The number of methoxy groups -OCH3 is 1. The zero-order valence-corrected chi connectivity index (χ0v) is 22.9. The first-order valence-corrected chi connectivity index (χ1v) is 14.6. The van der Waals surface area contributed by atoms with Gasteiger partial charge in [0.15, 0.2) is 17.1 Å². The van der Waals surface area contributed by atoms with Crippen molar-refractivity contribution < 1.29 is 36.7 Å². The number of sulfonamides is 1. The second-order valence-electron chi connectivity index (χ2n) is 9.74. The molecule has 2 saturated heterocycles. The summed E-state index contributed by atoms with van der Waals surface area (Å²) in [6.07, 6.45) is 1.80. The molecule has 1 aromatic carbocycles. The number of carbonyl (C=O) groups is 3. The van der Waals surface area contributed by atoms with Gasteiger partial charge in [-0.15, -0.1) is 0 Å². The van der Waals surface area contributed by atoms with E-state index in [0.29, 0.717) is 41.7 Å². The first-order valence-electron chi connectivity index (χ1n) is 13.0. The van der Waals surface area contributed by atoms with Crippen LogP contribution in [0, 0.1) is 0 Å². The van der Waals surface area contributed by atoms with Crippen molar-refractivity contribution in [1.29, 1.82) is 0 Å². The number of aromatic nitrogens is 1. The molecular formula is C27H30N4O8S. The van der Waals surface area contributed by atoms with Gasteiger partial charge in [0.25, 0.3) is 5.95 Å². The van der Waals surface area contributed by atoms with Crippen LogP contribution in [0.2, 0.25) is 0 Å². The lowest BCUT2D eigenvalue weighted by atomic mass is 10.1. The van der Waals surface area contributed by atoms with E-state index in [9.17, 15) is 22.8 Å². The fraction of sp³-hybridized carbons (Fsp3) is 0.407. The zero-order valence-electron chi connectivity index (χ0n) is 22.1. The van der Waals surface area contributed by atoms with Crippen LogP contribution in [0.15, 0.2) is 53.1 Å². The Morgan fingerprint density at radius 1 is 1.23 bits per heavy atom. The number of hydrogen-bond acceptors (Lipinski definition) is 9. The molecule has 3 aromatic rings. The Morgan fingerprint density at radius 3 is 2.77 bits per heavy atom. The van der Waals surface area contributed by atoms with E-state index in [-0.39, 0.29) is 30.6 Å². The highest BCUT2D eigenvalue weighted by Crippen LogP contribution is 2.34. The Hall–Kier alpha value is -3.97. The monoisotopic (exact) mass is 570 g/mol. The first-order chi connectivity index (χ1) is 19.2. The number of para-hydroxylation sites is 1. The minimum absolute atomic E-state index is 0.0688. The van der Waals surface area contributed by atoms with Crippen LogP contribution in [0.5, 0.6) is 11.7 Å². The Balaban J connectivity index is 1.27. The number of likely N-dealkylation sites (tertiary alicyclic amines) is 1. The molecule has 0 bridgehead atoms. The molecule has 0 spiro atoms. The first kappa shape index (κ1) is 27.6. The number of furan rings is 1. The van der Waals surface area contributed by atoms with Gasteiger partial charge < -0.3 is 24.1 Å². The van der Waals surface area contributed by atoms with E-state index < -0.39 is 40.1 Å². The number of ketones is 1. The summed E-state index contributed by atoms with van der Waals surface area (Å²) in [5.41, 5.74) is 0.789. The van der Waals surface area contributed by atoms with E-state index in [1.807, 2.05) is 6.92 Å². The normalized spacial score (nSPS) is 19.9. The highest BCUT2D eigenvalue weighted by Gasteiger charge is 2.54. The number of nitrogens with one attached hydrogen (secondary N) is 1. The average Bonchev–Trinajstić information content (AvgIpc) is 3.63. The SMILES string of the molecule is CCCC(NC(=O)Oc1cc2cccc(OC)c2o1)C(=O)N1CCC2C1C(=O)CN2S(=O)(=O)Cc1ccccn1. The van der Waals surface area contributed by atoms with E-state index >= 15 is 0 Å². The fourth-order valence-corrected chi connectivity index (χ4v) is 7.04. The molecule has 1 N–H and O–H groups in total. The lowest BCUT2D eigenvalue weighted by Gasteiger charge is -2.28. The standard InChI is InChI=1S/C27H30N4O8S/c1-3-7-19(29-27(34)39-23-14-17-8-6-10-22(37-2)25(17)38-23)26(33)30-13-11-20-24(30)21(32)15-31(20)40(35,36)16-18-9-4-5-12-28-18/h4-6,8-10,12,14,19-20,24H,3,7,11,13,15-16H2,1-2H3,(H,29,34). The van der Waals surface area contributed by atoms with Crippen LogP contribution in [0.25, 0.3) is 11.0 Å². The molecule has 40 heavy (non-hydrogen) atoms. The maximum Gasteiger partial charge on any atom is 0.415 e. The summed E-state index contributed by atoms with van der Waals surface area (Å²) in [5, 5.41) is 3.26. The molecule has 5 rings (SSSR count). The average molecular weight is 571 g/mol. The van der Waals surface area contributed by atoms with Crippen LogP contribution in [-0.4, -0.2) is 78.7 Å². The predicted octanol–water partition coefficient (Wildman–Crippen LogP) is 2.48. The van der Waals surface area contributed by atoms with Gasteiger partial charge in [-0.1, -0.05) is 31.5 Å². The van der Waals surface area contributed by atoms with Crippen LogP contribution in [0.4, 0.5) is 4.79 Å². The van der Waals surface area contributed by atoms with Crippen LogP contribution in [0.3, 0.4) is 0 Å². The second-order valence-corrected chi connectivity index (χ2v) is 11.7. The highest BCUT2D eigenvalue weighted by atomic mass is 32.2. The summed E-state index contributed by atoms with van der Waals surface area (Å²) < 4.78 is 43.7. The number of rotatable bonds is 9. The summed E-state index contributed by atoms with van der Waals surface area (Å²) >= 11 is 0. The van der Waals surface area contributed by atoms with Crippen molar-refractivity contribution >= 4 is 38.8 Å². The number of fused-ring (bicyclic) bond motifs is 2. The lowest BCUT2D eigenvalue weighted by Crippen LogP contribution is -2.53. The van der Waals surface area contributed by atoms with Crippen molar-refractivity contribution in [3.63, 3.8) is 0 Å². The topological polar surface area (TPSA) is 148 Å². The third kappa shape index (κ3) is 5.39. The van der Waals surface area contributed by atoms with Crippen molar-refractivity contribution in [3.05, 3.63) is 54.4 Å². The molecule has 0 aliphatic carbocycles. The van der Waals surface area contributed by atoms with Gasteiger partial charge in [0.2, 0.25) is 15.9 Å². The number of benzene rings is 1. The van der Waals surface area contributed by atoms with Gasteiger partial charge in [-0.2, -0.15) is 4.31 Å². The molecule has 2 aliphatic rings. The molecule has 12 nitrogen and oxygen atoms in total. The third-order valence-electron chi connectivity index (χ3n) is 7.14. The van der Waals surface area contributed by atoms with Crippen molar-refractivity contribution in [3.8, 4) is 11.7 Å². The van der Waals surface area contributed by atoms with Crippen LogP contribution in [-0.2, 0) is 25.4 Å². The Bertz CT molecular complexity index is 1520. The fourth-order valence-electron chi connectivity index (χ4n) is 5.37. The summed E-state index contributed by atoms with van der Waals surface area (Å²) in [6.45, 7) is 1.74. The molecule has 3 unspecified atom stereocenters. The van der Waals surface area contributed by atoms with Gasteiger partial charge in [0.05, 0.1) is 25.4 Å². The highest BCUT2D eigenvalue weighted by molar-refractivity contribution is 7.88. The van der Waals surface area contributed by atoms with Gasteiger partial charge in [0.1, 0.15) is 17.8 Å². The minimum Gasteiger partial charge on any atom is -0.493 e. The van der Waals surface area contributed by atoms with Crippen LogP contribution < -0.4 is 14.8 Å². The number of hydrogen-bond donors (Lipinski definition) is 1. The van der Waals surface area contributed by atoms with Crippen LogP contribution >= 0.6 is 0 Å². The maximum atomic E-state index is 13.6. The number of ether oxygens (including phenoxy) is 2. The number of pyridine rings is 1. The number of nitrogens with zero attached hydrogens (tertiary/aromatic N) is 3. The van der Waals surface area contributed by atoms with E-state index in [0.717, 1.165) is 0 Å². The summed E-state index contributed by atoms with van der Waals surface area (Å²) in [7, 11) is -2.35. The van der Waals surface area contributed by atoms with Crippen molar-refractivity contribution in [2.24, 2.45) is 0 Å². The van der Waals surface area contributed by atoms with Gasteiger partial charge in [-0.05, 0) is 31.0 Å². The number of carbonyl (C=O) groups excluding carboxylic acids is 3. The Kier molecular flexibility index (Phi) is 7.76. The van der Waals surface area contributed by atoms with Crippen molar-refractivity contribution in [2.75, 3.05) is 20.2 Å². The van der Waals surface area contributed by atoms with Crippen molar-refractivity contribution in [1.82, 2.24) is 19.5 Å². The molecule has 0 radical (unpaired) electrons. The molecule has 3 atom stereocenters. The molecule has 2 aromatic heterocycles. The minimum atomic E-state index is -3.85. The largest absolute Gasteiger partial charge is 0.493 e. The van der Waals surface area contributed by atoms with E-state index in [4.69, 9.17) is 13.9 Å². The van der Waals surface area contributed by atoms with E-state index in [2.05, 4.69) is 10.3 Å². The van der Waals surface area contributed by atoms with Crippen molar-refractivity contribution in [2.45, 2.75) is 50.1 Å². The molecule has 2 fully saturated rings. The molecule has 2 aliphatic heterocycles. The Labute approximate surface area is 231 Å². The molecule has 2 amide bonds. The van der Waals surface area contributed by atoms with E-state index in [1.165, 1.54) is 28.6 Å². The quantitative estimate of drug-likeness (QED) is 0.410. The molecule has 212 valence electrons.